The van der Waals surface area contributed by atoms with E-state index in [1.165, 1.54) is 0 Å². The topological polar surface area (TPSA) is 79.8 Å². The molecule has 26 heavy (non-hydrogen) atoms. The Balaban J connectivity index is 1.75. The number of aromatic nitrogens is 3. The Morgan fingerprint density at radius 1 is 1.12 bits per heavy atom. The predicted octanol–water partition coefficient (Wildman–Crippen LogP) is 2.76. The molecular weight excluding hydrogens is 328 g/mol. The number of aromatic amines is 1. The molecule has 0 spiro atoms. The molecule has 4 rings (SSSR count). The summed E-state index contributed by atoms with van der Waals surface area (Å²) in [5.74, 6) is -0.146. The minimum atomic E-state index is -0.537. The monoisotopic (exact) mass is 346 g/mol. The quantitative estimate of drug-likeness (QED) is 0.596. The van der Waals surface area contributed by atoms with E-state index >= 15 is 0 Å². The van der Waals surface area contributed by atoms with Crippen molar-refractivity contribution in [3.05, 3.63) is 76.7 Å². The second-order valence-corrected chi connectivity index (χ2v) is 6.23. The van der Waals surface area contributed by atoms with Crippen molar-refractivity contribution in [2.75, 3.05) is 0 Å². The van der Waals surface area contributed by atoms with Gasteiger partial charge in [0.2, 0.25) is 5.91 Å². The van der Waals surface area contributed by atoms with Gasteiger partial charge in [-0.3, -0.25) is 9.59 Å². The number of hydrogen-bond acceptors (Lipinski definition) is 3. The molecule has 2 N–H and O–H groups in total. The van der Waals surface area contributed by atoms with Crippen LogP contribution in [0.25, 0.3) is 21.8 Å². The molecule has 4 aromatic rings. The Hall–Kier alpha value is -3.41. The predicted molar refractivity (Wildman–Crippen MR) is 101 cm³/mol. The maximum atomic E-state index is 12.8. The van der Waals surface area contributed by atoms with Crippen LogP contribution in [0.15, 0.2) is 65.6 Å². The molecule has 2 heterocycles. The van der Waals surface area contributed by atoms with Gasteiger partial charge in [-0.15, -0.1) is 0 Å². The molecule has 0 bridgehead atoms. The molecule has 1 amide bonds. The third kappa shape index (κ3) is 2.65. The van der Waals surface area contributed by atoms with Gasteiger partial charge in [-0.05, 0) is 18.6 Å². The first-order valence-corrected chi connectivity index (χ1v) is 8.45. The molecule has 2 aromatic carbocycles. The second kappa shape index (κ2) is 6.48. The minimum absolute atomic E-state index is 0.146. The summed E-state index contributed by atoms with van der Waals surface area (Å²) in [6.45, 7) is 2.24. The number of nitrogens with one attached hydrogen (secondary N) is 2. The zero-order valence-corrected chi connectivity index (χ0v) is 14.3. The number of benzene rings is 2. The van der Waals surface area contributed by atoms with Crippen molar-refractivity contribution < 1.29 is 4.79 Å². The van der Waals surface area contributed by atoms with Gasteiger partial charge in [0.15, 0.2) is 0 Å². The van der Waals surface area contributed by atoms with Crippen molar-refractivity contribution in [1.82, 2.24) is 20.1 Å². The number of para-hydroxylation sites is 1. The summed E-state index contributed by atoms with van der Waals surface area (Å²) in [5, 5.41) is 11.0. The van der Waals surface area contributed by atoms with E-state index in [0.717, 1.165) is 21.9 Å². The summed E-state index contributed by atoms with van der Waals surface area (Å²) in [7, 11) is 0. The lowest BCUT2D eigenvalue weighted by atomic mass is 10.2. The molecule has 6 heteroatoms. The fourth-order valence-corrected chi connectivity index (χ4v) is 3.31. The lowest BCUT2D eigenvalue weighted by Crippen LogP contribution is -2.31. The van der Waals surface area contributed by atoms with Crippen molar-refractivity contribution in [3.63, 3.8) is 0 Å². The molecule has 130 valence electrons. The molecule has 6 nitrogen and oxygen atoms in total. The van der Waals surface area contributed by atoms with Gasteiger partial charge in [0.1, 0.15) is 11.6 Å². The van der Waals surface area contributed by atoms with Crippen LogP contribution in [-0.4, -0.2) is 20.7 Å². The van der Waals surface area contributed by atoms with E-state index in [1.54, 1.807) is 17.7 Å². The van der Waals surface area contributed by atoms with E-state index in [9.17, 15) is 9.59 Å². The van der Waals surface area contributed by atoms with Crippen LogP contribution in [0.4, 0.5) is 0 Å². The molecule has 0 aliphatic carbocycles. The van der Waals surface area contributed by atoms with Crippen LogP contribution in [0.1, 0.15) is 18.5 Å². The lowest BCUT2D eigenvalue weighted by molar-refractivity contribution is -0.123. The van der Waals surface area contributed by atoms with Crippen LogP contribution in [-0.2, 0) is 11.3 Å². The van der Waals surface area contributed by atoms with Gasteiger partial charge >= 0.3 is 0 Å². The zero-order chi connectivity index (χ0) is 18.1. The standard InChI is InChI=1S/C20H18N4O2/c1-13(19(25)21-11-14-7-3-2-4-8-14)24-17-10-6-5-9-15(17)16-12-22-23-20(26)18(16)24/h2-10,12-13H,11H2,1H3,(H,21,25)(H,23,26). The van der Waals surface area contributed by atoms with E-state index < -0.39 is 6.04 Å². The number of H-pyrrole nitrogens is 1. The first kappa shape index (κ1) is 16.1. The van der Waals surface area contributed by atoms with Gasteiger partial charge in [-0.2, -0.15) is 5.10 Å². The minimum Gasteiger partial charge on any atom is -0.350 e. The summed E-state index contributed by atoms with van der Waals surface area (Å²) in [5.41, 5.74) is 2.02. The molecular formula is C20H18N4O2. The van der Waals surface area contributed by atoms with E-state index in [4.69, 9.17) is 0 Å². The fraction of sp³-hybridized carbons (Fsp3) is 0.150. The molecule has 0 radical (unpaired) electrons. The van der Waals surface area contributed by atoms with Crippen LogP contribution in [0.2, 0.25) is 0 Å². The number of nitrogens with zero attached hydrogens (tertiary/aromatic N) is 2. The van der Waals surface area contributed by atoms with Gasteiger partial charge in [0.05, 0.1) is 11.7 Å². The highest BCUT2D eigenvalue weighted by atomic mass is 16.2. The molecule has 0 aliphatic rings. The molecule has 2 aromatic heterocycles. The first-order chi connectivity index (χ1) is 12.7. The van der Waals surface area contributed by atoms with Crippen molar-refractivity contribution >= 4 is 27.7 Å². The normalized spacial score (nSPS) is 12.3. The fourth-order valence-electron chi connectivity index (χ4n) is 3.31. The van der Waals surface area contributed by atoms with Gasteiger partial charge in [-0.1, -0.05) is 48.5 Å². The van der Waals surface area contributed by atoms with E-state index in [0.29, 0.717) is 12.1 Å². The van der Waals surface area contributed by atoms with Crippen LogP contribution >= 0.6 is 0 Å². The second-order valence-electron chi connectivity index (χ2n) is 6.23. The average Bonchev–Trinajstić information content (AvgIpc) is 3.02. The molecule has 0 saturated carbocycles. The summed E-state index contributed by atoms with van der Waals surface area (Å²) in [6, 6.07) is 16.8. The summed E-state index contributed by atoms with van der Waals surface area (Å²) < 4.78 is 1.78. The number of fused-ring (bicyclic) bond motifs is 3. The number of carbonyl (C=O) groups is 1. The number of rotatable bonds is 4. The van der Waals surface area contributed by atoms with Crippen molar-refractivity contribution in [3.8, 4) is 0 Å². The molecule has 0 fully saturated rings. The van der Waals surface area contributed by atoms with Crippen molar-refractivity contribution in [2.24, 2.45) is 0 Å². The third-order valence-corrected chi connectivity index (χ3v) is 4.60. The highest BCUT2D eigenvalue weighted by Crippen LogP contribution is 2.29. The lowest BCUT2D eigenvalue weighted by Gasteiger charge is -2.16. The first-order valence-electron chi connectivity index (χ1n) is 8.45. The van der Waals surface area contributed by atoms with Gasteiger partial charge in [-0.25, -0.2) is 5.10 Å². The Morgan fingerprint density at radius 2 is 1.85 bits per heavy atom. The van der Waals surface area contributed by atoms with Gasteiger partial charge in [0.25, 0.3) is 5.56 Å². The summed E-state index contributed by atoms with van der Waals surface area (Å²) in [6.07, 6.45) is 1.63. The number of amides is 1. The molecule has 0 saturated heterocycles. The maximum absolute atomic E-state index is 12.8. The summed E-state index contributed by atoms with van der Waals surface area (Å²) >= 11 is 0. The van der Waals surface area contributed by atoms with E-state index in [1.807, 2.05) is 54.6 Å². The third-order valence-electron chi connectivity index (χ3n) is 4.60. The van der Waals surface area contributed by atoms with E-state index in [2.05, 4.69) is 15.5 Å². The van der Waals surface area contributed by atoms with Crippen molar-refractivity contribution in [2.45, 2.75) is 19.5 Å². The van der Waals surface area contributed by atoms with Crippen LogP contribution in [0.5, 0.6) is 0 Å². The SMILES string of the molecule is CC(C(=O)NCc1ccccc1)n1c2ccccc2c2cn[nH]c(=O)c21. The van der Waals surface area contributed by atoms with Crippen molar-refractivity contribution in [1.29, 1.82) is 0 Å². The largest absolute Gasteiger partial charge is 0.350 e. The summed E-state index contributed by atoms with van der Waals surface area (Å²) in [4.78, 5) is 25.2. The van der Waals surface area contributed by atoms with Crippen LogP contribution in [0.3, 0.4) is 0 Å². The Bertz CT molecular complexity index is 1140. The smallest absolute Gasteiger partial charge is 0.288 e. The molecule has 1 unspecified atom stereocenters. The highest BCUT2D eigenvalue weighted by molar-refractivity contribution is 6.08. The number of hydrogen-bond donors (Lipinski definition) is 2. The van der Waals surface area contributed by atoms with Crippen LogP contribution < -0.4 is 10.9 Å². The van der Waals surface area contributed by atoms with E-state index in [-0.39, 0.29) is 11.5 Å². The maximum Gasteiger partial charge on any atom is 0.288 e. The Kier molecular flexibility index (Phi) is 4.01. The molecule has 0 aliphatic heterocycles. The average molecular weight is 346 g/mol. The van der Waals surface area contributed by atoms with Gasteiger partial charge < -0.3 is 9.88 Å². The van der Waals surface area contributed by atoms with Gasteiger partial charge in [0, 0.05) is 17.3 Å². The highest BCUT2D eigenvalue weighted by Gasteiger charge is 2.22. The molecule has 1 atom stereocenters. The zero-order valence-electron chi connectivity index (χ0n) is 14.3. The number of carbonyl (C=O) groups excluding carboxylic acids is 1. The van der Waals surface area contributed by atoms with Crippen LogP contribution in [0, 0.1) is 0 Å². The Labute approximate surface area is 149 Å². The Morgan fingerprint density at radius 3 is 2.65 bits per heavy atom.